The number of hydrogen-bond donors (Lipinski definition) is 0. The zero-order valence-corrected chi connectivity index (χ0v) is 19.3. The van der Waals surface area contributed by atoms with E-state index < -0.39 is 46.1 Å². The fourth-order valence-corrected chi connectivity index (χ4v) is 6.59. The van der Waals surface area contributed by atoms with E-state index in [1.165, 1.54) is 0 Å². The molecule has 2 nitrogen and oxygen atoms in total. The van der Waals surface area contributed by atoms with Crippen LogP contribution in [-0.2, 0) is 26.6 Å². The molecule has 0 radical (unpaired) electrons. The summed E-state index contributed by atoms with van der Waals surface area (Å²) in [6, 6.07) is 0. The summed E-state index contributed by atoms with van der Waals surface area (Å²) in [5, 5.41) is 0. The topological polar surface area (TPSA) is 18.5 Å². The second-order valence-corrected chi connectivity index (χ2v) is 12.9. The minimum atomic E-state index is -2.99. The molecule has 29 heavy (non-hydrogen) atoms. The quantitative estimate of drug-likeness (QED) is 0.0835. The summed E-state index contributed by atoms with van der Waals surface area (Å²) in [5.41, 5.74) is -3.90. The van der Waals surface area contributed by atoms with Gasteiger partial charge >= 0.3 is 0 Å². The van der Waals surface area contributed by atoms with E-state index in [2.05, 4.69) is 13.8 Å². The number of halogens is 5. The molecule has 0 aliphatic carbocycles. The third kappa shape index (κ3) is 8.82. The largest absolute Gasteiger partial charge is 0.322 e. The number of unbranched alkanes of at least 4 members (excludes halogenated alkanes) is 6. The van der Waals surface area contributed by atoms with E-state index in [-0.39, 0.29) is 0 Å². The van der Waals surface area contributed by atoms with Gasteiger partial charge in [-0.25, -0.2) is 22.0 Å². The van der Waals surface area contributed by atoms with Gasteiger partial charge < -0.3 is 9.05 Å². The van der Waals surface area contributed by atoms with E-state index in [9.17, 15) is 22.0 Å². The first-order valence-corrected chi connectivity index (χ1v) is 14.0. The van der Waals surface area contributed by atoms with Crippen molar-refractivity contribution >= 4 is 28.9 Å². The maximum Gasteiger partial charge on any atom is 0.247 e. The maximum absolute atomic E-state index is 13.9. The maximum atomic E-state index is 13.9. The molecule has 0 amide bonds. The summed E-state index contributed by atoms with van der Waals surface area (Å²) in [7, 11) is 0. The zero-order chi connectivity index (χ0) is 21.9. The molecule has 0 fully saturated rings. The van der Waals surface area contributed by atoms with Gasteiger partial charge in [-0.1, -0.05) is 63.8 Å². The van der Waals surface area contributed by atoms with Crippen LogP contribution in [0, 0.1) is 29.1 Å². The van der Waals surface area contributed by atoms with Crippen LogP contribution in [0.3, 0.4) is 0 Å². The van der Waals surface area contributed by atoms with Crippen molar-refractivity contribution in [2.24, 2.45) is 0 Å². The lowest BCUT2D eigenvalue weighted by atomic mass is 10.2. The highest BCUT2D eigenvalue weighted by molar-refractivity contribution is 8.67. The normalized spacial score (nSPS) is 12.0. The molecule has 0 saturated carbocycles. The second kappa shape index (κ2) is 14.0. The number of rotatable bonds is 15. The molecule has 0 spiro atoms. The van der Waals surface area contributed by atoms with Gasteiger partial charge in [-0.15, -0.1) is 0 Å². The van der Waals surface area contributed by atoms with Crippen LogP contribution in [0.2, 0.25) is 0 Å². The van der Waals surface area contributed by atoms with Crippen molar-refractivity contribution in [1.29, 1.82) is 0 Å². The summed E-state index contributed by atoms with van der Waals surface area (Å²) in [5.74, 6) is -10.3. The molecule has 0 bridgehead atoms. The monoisotopic (exact) mass is 478 g/mol. The van der Waals surface area contributed by atoms with Gasteiger partial charge in [-0.3, -0.25) is 0 Å². The molecular weight excluding hydrogens is 450 g/mol. The lowest BCUT2D eigenvalue weighted by Gasteiger charge is -2.22. The zero-order valence-electron chi connectivity index (χ0n) is 16.7. The summed E-state index contributed by atoms with van der Waals surface area (Å²) in [4.78, 5) is 0. The van der Waals surface area contributed by atoms with Crippen LogP contribution in [0.4, 0.5) is 22.0 Å². The van der Waals surface area contributed by atoms with Gasteiger partial charge in [0.25, 0.3) is 0 Å². The molecule has 10 heteroatoms. The Balaban J connectivity index is 2.81. The Bertz CT molecular complexity index is 644. The van der Waals surface area contributed by atoms with Crippen molar-refractivity contribution in [2.75, 3.05) is 13.2 Å². The van der Waals surface area contributed by atoms with Gasteiger partial charge in [0.15, 0.2) is 23.3 Å². The van der Waals surface area contributed by atoms with E-state index >= 15 is 0 Å². The number of hydrogen-bond acceptors (Lipinski definition) is 4. The average Bonchev–Trinajstić information content (AvgIpc) is 2.70. The molecule has 0 atom stereocenters. The smallest absolute Gasteiger partial charge is 0.247 e. The van der Waals surface area contributed by atoms with Crippen LogP contribution in [0.15, 0.2) is 0 Å². The fourth-order valence-electron chi connectivity index (χ4n) is 2.44. The summed E-state index contributed by atoms with van der Waals surface area (Å²) in [6.45, 7) is 4.81. The predicted molar refractivity (Wildman–Crippen MR) is 112 cm³/mol. The fraction of sp³-hybridized carbons (Fsp3) is 0.684. The first-order chi connectivity index (χ1) is 13.8. The number of benzene rings is 1. The van der Waals surface area contributed by atoms with E-state index in [0.29, 0.717) is 13.2 Å². The standard InChI is InChI=1S/C19H28F5O2PS2/c1-3-5-7-9-11-25-27(28,26-12-10-8-6-4-2)29-13-14-15(20)17(22)19(24)18(23)16(14)21/h3-13H2,1-2H3. The van der Waals surface area contributed by atoms with Crippen LogP contribution in [0.5, 0.6) is 0 Å². The molecule has 0 saturated heterocycles. The van der Waals surface area contributed by atoms with E-state index in [1.807, 2.05) is 0 Å². The summed E-state index contributed by atoms with van der Waals surface area (Å²) in [6.07, 6.45) is 7.61. The van der Waals surface area contributed by atoms with Crippen LogP contribution in [-0.4, -0.2) is 13.2 Å². The third-order valence-corrected chi connectivity index (χ3v) is 9.44. The van der Waals surface area contributed by atoms with E-state index in [1.54, 1.807) is 0 Å². The highest BCUT2D eigenvalue weighted by atomic mass is 32.9. The first-order valence-electron chi connectivity index (χ1n) is 9.81. The van der Waals surface area contributed by atoms with Crippen LogP contribution >= 0.6 is 17.1 Å². The van der Waals surface area contributed by atoms with Gasteiger partial charge in [0.2, 0.25) is 11.5 Å². The molecule has 0 N–H and O–H groups in total. The van der Waals surface area contributed by atoms with Crippen molar-refractivity contribution in [3.05, 3.63) is 34.6 Å². The molecule has 0 heterocycles. The Morgan fingerprint density at radius 2 is 1.10 bits per heavy atom. The van der Waals surface area contributed by atoms with Gasteiger partial charge in [-0.05, 0) is 24.6 Å². The highest BCUT2D eigenvalue weighted by Gasteiger charge is 2.28. The minimum Gasteiger partial charge on any atom is -0.322 e. The summed E-state index contributed by atoms with van der Waals surface area (Å²) >= 11 is 6.26. The average molecular weight is 479 g/mol. The van der Waals surface area contributed by atoms with Gasteiger partial charge in [-0.2, -0.15) is 0 Å². The van der Waals surface area contributed by atoms with Crippen molar-refractivity contribution < 1.29 is 31.0 Å². The van der Waals surface area contributed by atoms with Gasteiger partial charge in [0.05, 0.1) is 13.2 Å². The Labute approximate surface area is 178 Å². The van der Waals surface area contributed by atoms with Crippen LogP contribution in [0.1, 0.15) is 70.8 Å². The molecule has 1 aromatic carbocycles. The molecule has 0 unspecified atom stereocenters. The predicted octanol–water partition coefficient (Wildman–Crippen LogP) is 8.03. The van der Waals surface area contributed by atoms with Crippen molar-refractivity contribution in [3.63, 3.8) is 0 Å². The molecule has 0 aromatic heterocycles. The van der Waals surface area contributed by atoms with Gasteiger partial charge in [0, 0.05) is 11.3 Å². The molecule has 0 aliphatic heterocycles. The van der Waals surface area contributed by atoms with Gasteiger partial charge in [0.1, 0.15) is 0 Å². The van der Waals surface area contributed by atoms with Crippen LogP contribution < -0.4 is 0 Å². The SMILES string of the molecule is CCCCCCOP(=S)(OCCCCCC)SCc1c(F)c(F)c(F)c(F)c1F. The molecular formula is C19H28F5O2PS2. The molecule has 0 aliphatic rings. The van der Waals surface area contributed by atoms with Crippen molar-refractivity contribution in [3.8, 4) is 0 Å². The molecule has 1 rings (SSSR count). The second-order valence-electron chi connectivity index (χ2n) is 6.56. The summed E-state index contributed by atoms with van der Waals surface area (Å²) < 4.78 is 79.3. The first kappa shape index (κ1) is 26.8. The minimum absolute atomic E-state index is 0.330. The highest BCUT2D eigenvalue weighted by Crippen LogP contribution is 2.62. The lowest BCUT2D eigenvalue weighted by molar-refractivity contribution is 0.250. The third-order valence-electron chi connectivity index (χ3n) is 4.16. The Kier molecular flexibility index (Phi) is 12.9. The van der Waals surface area contributed by atoms with Crippen molar-refractivity contribution in [2.45, 2.75) is 71.0 Å². The lowest BCUT2D eigenvalue weighted by Crippen LogP contribution is -2.06. The van der Waals surface area contributed by atoms with E-state index in [4.69, 9.17) is 20.9 Å². The van der Waals surface area contributed by atoms with Crippen LogP contribution in [0.25, 0.3) is 0 Å². The van der Waals surface area contributed by atoms with E-state index in [0.717, 1.165) is 62.7 Å². The Morgan fingerprint density at radius 1 is 0.690 bits per heavy atom. The van der Waals surface area contributed by atoms with Crippen molar-refractivity contribution in [1.82, 2.24) is 0 Å². The Morgan fingerprint density at radius 3 is 1.52 bits per heavy atom. The molecule has 168 valence electrons. The Hall–Kier alpha value is -0.210. The molecule has 1 aromatic rings.